The highest BCUT2D eigenvalue weighted by atomic mass is 16.4. The summed E-state index contributed by atoms with van der Waals surface area (Å²) in [5, 5.41) is 2.84. The summed E-state index contributed by atoms with van der Waals surface area (Å²) in [6.07, 6.45) is 2.61. The average Bonchev–Trinajstić information content (AvgIpc) is 2.85. The minimum Gasteiger partial charge on any atom is -0.441 e. The maximum absolute atomic E-state index is 11.5. The molecule has 0 aliphatic heterocycles. The van der Waals surface area contributed by atoms with E-state index in [0.29, 0.717) is 18.7 Å². The summed E-state index contributed by atoms with van der Waals surface area (Å²) in [7, 11) is 0. The number of aromatic nitrogens is 1. The molecule has 100 valence electrons. The van der Waals surface area contributed by atoms with Crippen LogP contribution in [0, 0.1) is 0 Å². The molecule has 0 spiro atoms. The molecule has 1 aromatic heterocycles. The number of nitrogens with one attached hydrogen (secondary N) is 1. The second-order valence-electron chi connectivity index (χ2n) is 4.71. The highest BCUT2D eigenvalue weighted by Crippen LogP contribution is 2.20. The largest absolute Gasteiger partial charge is 0.441 e. The van der Waals surface area contributed by atoms with Crippen molar-refractivity contribution in [3.63, 3.8) is 0 Å². The van der Waals surface area contributed by atoms with Crippen molar-refractivity contribution in [1.29, 1.82) is 0 Å². The van der Waals surface area contributed by atoms with Gasteiger partial charge < -0.3 is 9.73 Å². The van der Waals surface area contributed by atoms with E-state index in [-0.39, 0.29) is 11.9 Å². The standard InChI is InChI=1S/C15H18N2O2/c1-11(2)17-14(18)8-9-15-16-10-13(19-15)12-6-4-3-5-7-12/h3-7,10-11H,8-9H2,1-2H3,(H,17,18). The Morgan fingerprint density at radius 3 is 2.74 bits per heavy atom. The number of benzene rings is 1. The van der Waals surface area contributed by atoms with E-state index in [1.54, 1.807) is 6.20 Å². The number of hydrogen-bond donors (Lipinski definition) is 1. The molecule has 1 amide bonds. The second-order valence-corrected chi connectivity index (χ2v) is 4.71. The zero-order valence-corrected chi connectivity index (χ0v) is 11.2. The second kappa shape index (κ2) is 6.18. The van der Waals surface area contributed by atoms with E-state index >= 15 is 0 Å². The van der Waals surface area contributed by atoms with Crippen LogP contribution >= 0.6 is 0 Å². The van der Waals surface area contributed by atoms with Crippen LogP contribution in [0.25, 0.3) is 11.3 Å². The summed E-state index contributed by atoms with van der Waals surface area (Å²) in [5.74, 6) is 1.35. The van der Waals surface area contributed by atoms with Crippen LogP contribution in [0.2, 0.25) is 0 Å². The molecule has 19 heavy (non-hydrogen) atoms. The molecule has 1 heterocycles. The van der Waals surface area contributed by atoms with Crippen molar-refractivity contribution in [2.75, 3.05) is 0 Å². The molecule has 0 fully saturated rings. The maximum Gasteiger partial charge on any atom is 0.220 e. The smallest absolute Gasteiger partial charge is 0.220 e. The van der Waals surface area contributed by atoms with Crippen molar-refractivity contribution < 1.29 is 9.21 Å². The van der Waals surface area contributed by atoms with Gasteiger partial charge in [-0.2, -0.15) is 0 Å². The first-order valence-corrected chi connectivity index (χ1v) is 6.44. The highest BCUT2D eigenvalue weighted by Gasteiger charge is 2.09. The molecule has 1 N–H and O–H groups in total. The molecule has 2 rings (SSSR count). The van der Waals surface area contributed by atoms with Gasteiger partial charge >= 0.3 is 0 Å². The van der Waals surface area contributed by atoms with E-state index in [2.05, 4.69) is 10.3 Å². The van der Waals surface area contributed by atoms with Crippen LogP contribution in [0.5, 0.6) is 0 Å². The summed E-state index contributed by atoms with van der Waals surface area (Å²) < 4.78 is 5.63. The van der Waals surface area contributed by atoms with Gasteiger partial charge in [-0.15, -0.1) is 0 Å². The monoisotopic (exact) mass is 258 g/mol. The zero-order chi connectivity index (χ0) is 13.7. The first-order valence-electron chi connectivity index (χ1n) is 6.44. The fraction of sp³-hybridized carbons (Fsp3) is 0.333. The molecule has 0 aliphatic rings. The van der Waals surface area contributed by atoms with Gasteiger partial charge in [0.2, 0.25) is 5.91 Å². The fourth-order valence-electron chi connectivity index (χ4n) is 1.78. The molecule has 1 aromatic carbocycles. The lowest BCUT2D eigenvalue weighted by atomic mass is 10.2. The third kappa shape index (κ3) is 3.95. The molecule has 0 unspecified atom stereocenters. The highest BCUT2D eigenvalue weighted by molar-refractivity contribution is 5.76. The molecule has 0 bridgehead atoms. The quantitative estimate of drug-likeness (QED) is 0.897. The minimum absolute atomic E-state index is 0.0226. The van der Waals surface area contributed by atoms with Crippen LogP contribution in [0.1, 0.15) is 26.2 Å². The van der Waals surface area contributed by atoms with Gasteiger partial charge in [0.15, 0.2) is 11.7 Å². The van der Waals surface area contributed by atoms with Gasteiger partial charge in [0.1, 0.15) is 0 Å². The average molecular weight is 258 g/mol. The molecule has 0 atom stereocenters. The van der Waals surface area contributed by atoms with Crippen LogP contribution in [0.3, 0.4) is 0 Å². The lowest BCUT2D eigenvalue weighted by Gasteiger charge is -2.06. The van der Waals surface area contributed by atoms with Crippen LogP contribution < -0.4 is 5.32 Å². The number of hydrogen-bond acceptors (Lipinski definition) is 3. The van der Waals surface area contributed by atoms with Gasteiger partial charge in [0, 0.05) is 24.4 Å². The SMILES string of the molecule is CC(C)NC(=O)CCc1ncc(-c2ccccc2)o1. The number of rotatable bonds is 5. The third-order valence-electron chi connectivity index (χ3n) is 2.63. The van der Waals surface area contributed by atoms with E-state index in [1.165, 1.54) is 0 Å². The first kappa shape index (κ1) is 13.3. The van der Waals surface area contributed by atoms with Gasteiger partial charge in [0.25, 0.3) is 0 Å². The molecule has 0 saturated carbocycles. The maximum atomic E-state index is 11.5. The molecule has 4 heteroatoms. The number of carbonyl (C=O) groups excluding carboxylic acids is 1. The number of amides is 1. The van der Waals surface area contributed by atoms with Gasteiger partial charge in [-0.25, -0.2) is 4.98 Å². The summed E-state index contributed by atoms with van der Waals surface area (Å²) in [4.78, 5) is 15.7. The summed E-state index contributed by atoms with van der Waals surface area (Å²) >= 11 is 0. The van der Waals surface area contributed by atoms with Crippen LogP contribution in [0.15, 0.2) is 40.9 Å². The summed E-state index contributed by atoms with van der Waals surface area (Å²) in [5.41, 5.74) is 0.993. The number of carbonyl (C=O) groups is 1. The van der Waals surface area contributed by atoms with Crippen molar-refractivity contribution in [3.8, 4) is 11.3 Å². The third-order valence-corrected chi connectivity index (χ3v) is 2.63. The van der Waals surface area contributed by atoms with E-state index < -0.39 is 0 Å². The van der Waals surface area contributed by atoms with Crippen molar-refractivity contribution in [2.45, 2.75) is 32.7 Å². The Hall–Kier alpha value is -2.10. The molecule has 0 saturated heterocycles. The van der Waals surface area contributed by atoms with E-state index in [4.69, 9.17) is 4.42 Å². The molecule has 2 aromatic rings. The molecule has 0 aliphatic carbocycles. The predicted molar refractivity (Wildman–Crippen MR) is 73.5 cm³/mol. The van der Waals surface area contributed by atoms with Crippen molar-refractivity contribution in [3.05, 3.63) is 42.4 Å². The Balaban J connectivity index is 1.93. The van der Waals surface area contributed by atoms with Gasteiger partial charge in [0.05, 0.1) is 6.20 Å². The number of nitrogens with zero attached hydrogens (tertiary/aromatic N) is 1. The van der Waals surface area contributed by atoms with Crippen molar-refractivity contribution >= 4 is 5.91 Å². The molecule has 4 nitrogen and oxygen atoms in total. The van der Waals surface area contributed by atoms with Crippen molar-refractivity contribution in [1.82, 2.24) is 10.3 Å². The van der Waals surface area contributed by atoms with Crippen LogP contribution in [-0.2, 0) is 11.2 Å². The van der Waals surface area contributed by atoms with Gasteiger partial charge in [-0.3, -0.25) is 4.79 Å². The number of oxazole rings is 1. The van der Waals surface area contributed by atoms with Crippen LogP contribution in [0.4, 0.5) is 0 Å². The topological polar surface area (TPSA) is 55.1 Å². The van der Waals surface area contributed by atoms with E-state index in [0.717, 1.165) is 11.3 Å². The Morgan fingerprint density at radius 2 is 2.05 bits per heavy atom. The molecular weight excluding hydrogens is 240 g/mol. The van der Waals surface area contributed by atoms with Crippen LogP contribution in [-0.4, -0.2) is 16.9 Å². The normalized spacial score (nSPS) is 10.7. The summed E-state index contributed by atoms with van der Waals surface area (Å²) in [6, 6.07) is 9.96. The Kier molecular flexibility index (Phi) is 4.34. The predicted octanol–water partition coefficient (Wildman–Crippen LogP) is 2.80. The Labute approximate surface area is 112 Å². The van der Waals surface area contributed by atoms with E-state index in [9.17, 15) is 4.79 Å². The lowest BCUT2D eigenvalue weighted by Crippen LogP contribution is -2.30. The Bertz CT molecular complexity index is 532. The number of aryl methyl sites for hydroxylation is 1. The first-order chi connectivity index (χ1) is 9.15. The van der Waals surface area contributed by atoms with E-state index in [1.807, 2.05) is 44.2 Å². The lowest BCUT2D eigenvalue weighted by molar-refractivity contribution is -0.121. The fourth-order valence-corrected chi connectivity index (χ4v) is 1.78. The molecule has 0 radical (unpaired) electrons. The van der Waals surface area contributed by atoms with Crippen molar-refractivity contribution in [2.24, 2.45) is 0 Å². The molecular formula is C15H18N2O2. The zero-order valence-electron chi connectivity index (χ0n) is 11.2. The Morgan fingerprint density at radius 1 is 1.32 bits per heavy atom. The summed E-state index contributed by atoms with van der Waals surface area (Å²) in [6.45, 7) is 3.88. The van der Waals surface area contributed by atoms with Gasteiger partial charge in [-0.05, 0) is 13.8 Å². The minimum atomic E-state index is 0.0226. The van der Waals surface area contributed by atoms with Gasteiger partial charge in [-0.1, -0.05) is 30.3 Å².